The Balaban J connectivity index is 0.000000189. The number of allylic oxidation sites excluding steroid dienone is 6. The zero-order chi connectivity index (χ0) is 94.5. The van der Waals surface area contributed by atoms with Crippen molar-refractivity contribution in [3.63, 3.8) is 0 Å². The summed E-state index contributed by atoms with van der Waals surface area (Å²) < 4.78 is 91.4. The number of ketones is 3. The van der Waals surface area contributed by atoms with Crippen LogP contribution in [0.15, 0.2) is 229 Å². The number of hydrogen-bond acceptors (Lipinski definition) is 28. The van der Waals surface area contributed by atoms with Gasteiger partial charge in [-0.25, -0.2) is 23.2 Å². The summed E-state index contributed by atoms with van der Waals surface area (Å²) in [5.74, 6) is -5.83. The second-order valence-electron chi connectivity index (χ2n) is 34.8. The van der Waals surface area contributed by atoms with Crippen LogP contribution >= 0.6 is 11.7 Å². The van der Waals surface area contributed by atoms with Gasteiger partial charge in [0.2, 0.25) is 5.79 Å². The number of carbonyl (C=O) groups is 5. The van der Waals surface area contributed by atoms with Gasteiger partial charge in [-0.3, -0.25) is 23.9 Å². The van der Waals surface area contributed by atoms with Crippen LogP contribution in [-0.2, 0) is 62.4 Å². The molecule has 11 aromatic rings. The van der Waals surface area contributed by atoms with Crippen LogP contribution in [0.25, 0.3) is 54.8 Å². The van der Waals surface area contributed by atoms with Crippen LogP contribution in [0.5, 0.6) is 17.2 Å². The van der Waals surface area contributed by atoms with Crippen molar-refractivity contribution in [2.45, 2.75) is 192 Å². The van der Waals surface area contributed by atoms with Crippen LogP contribution in [0.3, 0.4) is 0 Å². The normalized spacial score (nSPS) is 25.5. The van der Waals surface area contributed by atoms with E-state index in [0.29, 0.717) is 103 Å². The van der Waals surface area contributed by atoms with E-state index in [-0.39, 0.29) is 83.9 Å². The van der Waals surface area contributed by atoms with Gasteiger partial charge in [-0.05, 0) is 156 Å². The molecule has 8 heterocycles. The summed E-state index contributed by atoms with van der Waals surface area (Å²) >= 11 is -2.33. The van der Waals surface area contributed by atoms with Crippen molar-refractivity contribution in [2.24, 2.45) is 35.5 Å². The molecular weight excluding hydrogens is 1790 g/mol. The predicted molar refractivity (Wildman–Crippen MR) is 511 cm³/mol. The number of aryl methyl sites for hydroxylation is 1. The van der Waals surface area contributed by atoms with E-state index in [2.05, 4.69) is 43.7 Å². The van der Waals surface area contributed by atoms with Crippen molar-refractivity contribution in [1.82, 2.24) is 38.6 Å². The summed E-state index contributed by atoms with van der Waals surface area (Å²) in [7, 11) is 0.804. The molecule has 1 saturated carbocycles. The number of aliphatic hydroxyl groups excluding tert-OH is 2. The number of Topliss-reactive ketones (excluding diaryl/α,β-unsaturated/α-hetero) is 3. The maximum absolute atomic E-state index is 14.4. The third-order valence-corrected chi connectivity index (χ3v) is 29.6. The number of methoxy groups -OCH3 is 3. The van der Waals surface area contributed by atoms with Gasteiger partial charge in [-0.2, -0.15) is 8.75 Å². The molecule has 2 saturated heterocycles. The molecule has 133 heavy (non-hydrogen) atoms. The molecule has 0 unspecified atom stereocenters. The molecular formula is C101H117GaN10O19S2. The predicted octanol–water partition coefficient (Wildman–Crippen LogP) is 16.5. The topological polar surface area (TPSA) is 381 Å². The molecule has 700 valence electrons. The number of fused-ring (bicyclic) bond motifs is 8. The second-order valence-corrected chi connectivity index (χ2v) is 39.7. The average molecular weight is 1910 g/mol. The Hall–Kier alpha value is -11.1. The van der Waals surface area contributed by atoms with E-state index in [4.69, 9.17) is 39.0 Å². The molecule has 0 spiro atoms. The molecule has 5 N–H and O–H groups in total. The van der Waals surface area contributed by atoms with Gasteiger partial charge in [0.05, 0.1) is 65.3 Å². The molecule has 29 nitrogen and oxygen atoms in total. The fraction of sp³-hybridized carbons (Fsp3) is 0.406. The summed E-state index contributed by atoms with van der Waals surface area (Å²) in [5, 5.41) is 40.6. The standard InChI is InChI=1S/C53H83NO14.C21H16N6O2S2.3C9H7NO.Ga/c1-32-16-12-11-13-17-33(2)42(55)30-40-21-19-38(7)53(62,68-40)50(59)51(60)54-23-15-14-18-41(54)52(61)67-45(35(4)28-39-20-22-44(46(29-39)64-9)66-25-24-63-8)31-43(56)34(3)27-37(6)48(58)49(65-10)47(57)36(5)26-32;1-13-6-9-15(10-7-13)31(28,29)27-21-20(23-16-4-2-3-5-17(16)24-21)22-14-8-11-18-19(12-14)26-30-25-18;3*11-8-5-1-3-7-4-2-6-10-9(7)8;/h11-13,16-17,27,32,34-36,38-42,44-46,48-49,55,58,62H,14-15,18-26,28-31H2,1-10H3;2-12H,1H3,(H,22,23)(H,24,27);3*1-6,11H;/q;;;;;+3/p-3/b13-11+,16-12+,33-17+,37-27+;;;;;/t32-,34-,35-,36-,38-,39+,40+,41+,42+,44-,45+,46-,48-,49+,53-;;;;;/m1...../s1. The molecule has 1 amide bonds. The van der Waals surface area contributed by atoms with Gasteiger partial charge < -0.3 is 54.0 Å². The van der Waals surface area contributed by atoms with Crippen molar-refractivity contribution in [1.29, 1.82) is 0 Å². The number of benzene rings is 6. The number of ether oxygens (including phenoxy) is 6. The Morgan fingerprint density at radius 1 is 0.632 bits per heavy atom. The van der Waals surface area contributed by atoms with Gasteiger partial charge in [-0.1, -0.05) is 101 Å². The quantitative estimate of drug-likeness (QED) is 0.0155. The summed E-state index contributed by atoms with van der Waals surface area (Å²) in [6.07, 6.45) is 16.0. The number of nitrogens with zero attached hydrogens (tertiary/aromatic N) is 8. The number of sulfonamides is 1. The van der Waals surface area contributed by atoms with Crippen LogP contribution in [0.1, 0.15) is 131 Å². The van der Waals surface area contributed by atoms with Gasteiger partial charge in [0.25, 0.3) is 21.7 Å². The first-order chi connectivity index (χ1) is 64.1. The minimum absolute atomic E-state index is 0.00449. The number of para-hydroxylation sites is 5. The van der Waals surface area contributed by atoms with Crippen molar-refractivity contribution >= 4 is 140 Å². The average Bonchev–Trinajstić information content (AvgIpc) is 0.879. The zero-order valence-electron chi connectivity index (χ0n) is 76.7. The van der Waals surface area contributed by atoms with Crippen LogP contribution in [-0.4, -0.2) is 204 Å². The summed E-state index contributed by atoms with van der Waals surface area (Å²) in [4.78, 5) is 94.8. The Labute approximate surface area is 785 Å². The number of pyridine rings is 3. The molecule has 0 radical (unpaired) electrons. The molecule has 3 aliphatic heterocycles. The van der Waals surface area contributed by atoms with Crippen molar-refractivity contribution in [2.75, 3.05) is 51.1 Å². The van der Waals surface area contributed by atoms with E-state index in [9.17, 15) is 47.7 Å². The number of nitrogens with one attached hydrogen (secondary N) is 2. The number of esters is 1. The van der Waals surface area contributed by atoms with Gasteiger partial charge in [0.15, 0.2) is 17.4 Å². The maximum atomic E-state index is 14.4. The van der Waals surface area contributed by atoms with Gasteiger partial charge in [0.1, 0.15) is 41.2 Å². The van der Waals surface area contributed by atoms with Crippen LogP contribution in [0.2, 0.25) is 0 Å². The summed E-state index contributed by atoms with van der Waals surface area (Å²) in [6.45, 7) is 15.4. The molecule has 3 fully saturated rings. The number of carbonyl (C=O) groups excluding carboxylic acids is 5. The number of piperidine rings is 1. The molecule has 15 atom stereocenters. The first-order valence-electron chi connectivity index (χ1n) is 45.2. The number of amides is 1. The van der Waals surface area contributed by atoms with Crippen molar-refractivity contribution in [3.05, 3.63) is 229 Å². The van der Waals surface area contributed by atoms with Crippen LogP contribution < -0.4 is 20.6 Å². The fourth-order valence-corrected chi connectivity index (χ4v) is 21.6. The van der Waals surface area contributed by atoms with E-state index >= 15 is 0 Å². The molecule has 5 aromatic heterocycles. The Morgan fingerprint density at radius 2 is 1.25 bits per heavy atom. The number of anilines is 3. The molecule has 15 rings (SSSR count). The van der Waals surface area contributed by atoms with E-state index in [1.54, 1.807) is 116 Å². The Bertz CT molecular complexity index is 5920. The Morgan fingerprint density at radius 3 is 1.86 bits per heavy atom. The minimum atomic E-state index is -3.85. The first-order valence-corrected chi connectivity index (χ1v) is 50.4. The van der Waals surface area contributed by atoms with E-state index in [1.807, 2.05) is 166 Å². The van der Waals surface area contributed by atoms with Crippen LogP contribution in [0, 0.1) is 42.4 Å². The van der Waals surface area contributed by atoms with Crippen LogP contribution in [0.4, 0.5) is 17.3 Å². The summed E-state index contributed by atoms with van der Waals surface area (Å²) in [5.41, 5.74) is 7.72. The van der Waals surface area contributed by atoms with Gasteiger partial charge in [-0.15, -0.1) is 0 Å². The fourth-order valence-electron chi connectivity index (χ4n) is 17.3. The number of aliphatic hydroxyl groups is 3. The zero-order valence-corrected chi connectivity index (χ0v) is 80.8. The van der Waals surface area contributed by atoms with Crippen molar-refractivity contribution in [3.8, 4) is 17.2 Å². The molecule has 4 aliphatic rings. The summed E-state index contributed by atoms with van der Waals surface area (Å²) in [6, 6.07) is 47.5. The van der Waals surface area contributed by atoms with Gasteiger partial charge >= 0.3 is 208 Å². The van der Waals surface area contributed by atoms with Crippen molar-refractivity contribution < 1.29 is 86.7 Å². The molecule has 32 heteroatoms. The number of rotatable bonds is 20. The number of hydrogen-bond donors (Lipinski definition) is 5. The van der Waals surface area contributed by atoms with E-state index in [1.165, 1.54) is 12.0 Å². The monoisotopic (exact) mass is 1910 g/mol. The number of aromatic nitrogens is 7. The van der Waals surface area contributed by atoms with Gasteiger partial charge in [0, 0.05) is 64.2 Å². The molecule has 2 bridgehead atoms. The SMILES string of the molecule is COCCO[C@@H]1CC[C@@H](C[C@@H](C)[C@@H]2CC(=O)[C@H](C)/C=C(\C)[C@@H](O)[C@@H](OC)C(=O)[C@H](C)C[C@H](C)/C=C/C=C/C=C(\C)[C@@H](O)C[C@@H]3CC[C@@H](C)[C@@](O)(O3)C(=O)C(=O)N3CCCC[C@H]3C(=O)O2)C[C@H]1OC.Cc1ccc(S(=O)(=O)Nc2nc3ccccc3nc2Nc2ccc3nsnc3c2)cc1.c1cnc2c([O][Ga]([O]c3cccc4cccnc34)[O]c3cccc4cccnc34)cccc2c1. The second kappa shape index (κ2) is 46.7. The number of cyclic esters (lactones) is 1. The third-order valence-electron chi connectivity index (χ3n) is 24.9. The Kier molecular flexibility index (Phi) is 34.9. The van der Waals surface area contributed by atoms with E-state index < -0.39 is 105 Å². The molecule has 6 aromatic carbocycles. The third kappa shape index (κ3) is 25.7. The molecule has 1 aliphatic carbocycles. The van der Waals surface area contributed by atoms with E-state index in [0.717, 1.165) is 73.9 Å². The first kappa shape index (κ1) is 99.4.